The summed E-state index contributed by atoms with van der Waals surface area (Å²) < 4.78 is 0. The molecule has 3 aromatic carbocycles. The molecule has 0 bridgehead atoms. The van der Waals surface area contributed by atoms with Crippen molar-refractivity contribution in [2.45, 2.75) is 37.9 Å². The van der Waals surface area contributed by atoms with E-state index in [4.69, 9.17) is 0 Å². The van der Waals surface area contributed by atoms with Crippen LogP contribution < -0.4 is 10.6 Å². The van der Waals surface area contributed by atoms with Crippen molar-refractivity contribution in [2.75, 3.05) is 0 Å². The molecule has 30 heavy (non-hydrogen) atoms. The van der Waals surface area contributed by atoms with Gasteiger partial charge in [0.25, 0.3) is 0 Å². The third-order valence-electron chi connectivity index (χ3n) is 5.95. The van der Waals surface area contributed by atoms with Crippen LogP contribution in [0.3, 0.4) is 0 Å². The Bertz CT molecular complexity index is 1040. The number of carbonyl (C=O) groups is 2. The summed E-state index contributed by atoms with van der Waals surface area (Å²) >= 11 is 0. The molecule has 1 saturated carbocycles. The summed E-state index contributed by atoms with van der Waals surface area (Å²) in [6.07, 6.45) is 1.42. The number of amides is 1. The summed E-state index contributed by atoms with van der Waals surface area (Å²) in [4.78, 5) is 24.2. The maximum atomic E-state index is 12.6. The Morgan fingerprint density at radius 3 is 2.33 bits per heavy atom. The zero-order valence-electron chi connectivity index (χ0n) is 16.9. The van der Waals surface area contributed by atoms with Gasteiger partial charge in [0.1, 0.15) is 0 Å². The molecule has 4 rings (SSSR count). The quantitative estimate of drug-likeness (QED) is 0.553. The Morgan fingerprint density at radius 1 is 0.933 bits per heavy atom. The van der Waals surface area contributed by atoms with Crippen LogP contribution in [0.25, 0.3) is 10.8 Å². The van der Waals surface area contributed by atoms with Crippen LogP contribution in [0.2, 0.25) is 0 Å². The van der Waals surface area contributed by atoms with E-state index in [1.807, 2.05) is 18.2 Å². The first kappa shape index (κ1) is 20.1. The van der Waals surface area contributed by atoms with Gasteiger partial charge in [0.05, 0.1) is 0 Å². The fourth-order valence-corrected chi connectivity index (χ4v) is 4.23. The molecule has 0 spiro atoms. The van der Waals surface area contributed by atoms with E-state index in [1.165, 1.54) is 16.3 Å². The molecule has 0 aromatic heterocycles. The molecule has 0 unspecified atom stereocenters. The Hall–Kier alpha value is -3.18. The molecule has 1 fully saturated rings. The first-order chi connectivity index (χ1) is 14.5. The number of fused-ring (bicyclic) bond motifs is 1. The van der Waals surface area contributed by atoms with Crippen molar-refractivity contribution in [1.29, 1.82) is 0 Å². The van der Waals surface area contributed by atoms with Crippen LogP contribution in [-0.2, 0) is 9.59 Å². The largest absolute Gasteiger partial charge is 0.479 e. The Labute approximate surface area is 176 Å². The predicted octanol–water partition coefficient (Wildman–Crippen LogP) is 4.21. The molecule has 5 heteroatoms. The number of carboxylic acid groups (broad SMARTS) is 1. The molecular weight excluding hydrogens is 376 g/mol. The standard InChI is InChI=1S/C25H26N2O3/c1-16(21-13-7-11-17-8-5-6-12-22(17)21)26-20-14-19(15-20)24(28)27-23(25(29)30)18-9-3-2-4-10-18/h2-13,16,19-20,23,26H,14-15H2,1H3,(H,27,28)(H,29,30)/t16-,19?,20?,23-/m1/s1. The predicted molar refractivity (Wildman–Crippen MR) is 117 cm³/mol. The number of nitrogens with one attached hydrogen (secondary N) is 2. The summed E-state index contributed by atoms with van der Waals surface area (Å²) in [6, 6.07) is 22.9. The monoisotopic (exact) mass is 402 g/mol. The minimum Gasteiger partial charge on any atom is -0.479 e. The second kappa shape index (κ2) is 8.67. The molecule has 0 aliphatic heterocycles. The van der Waals surface area contributed by atoms with Gasteiger partial charge in [-0.15, -0.1) is 0 Å². The van der Waals surface area contributed by atoms with Gasteiger partial charge in [-0.25, -0.2) is 4.79 Å². The minimum absolute atomic E-state index is 0.159. The molecule has 5 nitrogen and oxygen atoms in total. The van der Waals surface area contributed by atoms with E-state index in [-0.39, 0.29) is 23.9 Å². The summed E-state index contributed by atoms with van der Waals surface area (Å²) in [5.74, 6) is -1.40. The molecule has 154 valence electrons. The fraction of sp³-hybridized carbons (Fsp3) is 0.280. The molecule has 1 aliphatic carbocycles. The van der Waals surface area contributed by atoms with E-state index >= 15 is 0 Å². The SMILES string of the molecule is C[C@@H](NC1CC(C(=O)N[C@@H](C(=O)O)c2ccccc2)C1)c1cccc2ccccc12. The Morgan fingerprint density at radius 2 is 1.60 bits per heavy atom. The topological polar surface area (TPSA) is 78.4 Å². The molecule has 3 N–H and O–H groups in total. The molecule has 1 amide bonds. The minimum atomic E-state index is -1.05. The number of benzene rings is 3. The van der Waals surface area contributed by atoms with Gasteiger partial charge >= 0.3 is 5.97 Å². The molecule has 3 aromatic rings. The summed E-state index contributed by atoms with van der Waals surface area (Å²) in [5, 5.41) is 18.3. The van der Waals surface area contributed by atoms with Gasteiger partial charge in [-0.2, -0.15) is 0 Å². The maximum absolute atomic E-state index is 12.6. The lowest BCUT2D eigenvalue weighted by molar-refractivity contribution is -0.143. The van der Waals surface area contributed by atoms with Crippen LogP contribution >= 0.6 is 0 Å². The Balaban J connectivity index is 1.34. The summed E-state index contributed by atoms with van der Waals surface area (Å²) in [7, 11) is 0. The fourth-order valence-electron chi connectivity index (χ4n) is 4.23. The average molecular weight is 402 g/mol. The van der Waals surface area contributed by atoms with Crippen molar-refractivity contribution in [2.24, 2.45) is 5.92 Å². The molecule has 0 heterocycles. The summed E-state index contributed by atoms with van der Waals surface area (Å²) in [5.41, 5.74) is 1.83. The van der Waals surface area contributed by atoms with E-state index in [2.05, 4.69) is 47.9 Å². The highest BCUT2D eigenvalue weighted by Gasteiger charge is 2.37. The number of hydrogen-bond donors (Lipinski definition) is 3. The van der Waals surface area contributed by atoms with E-state index in [0.29, 0.717) is 18.4 Å². The molecule has 0 saturated heterocycles. The second-order valence-electron chi connectivity index (χ2n) is 8.01. The average Bonchev–Trinajstić information content (AvgIpc) is 2.74. The highest BCUT2D eigenvalue weighted by molar-refractivity contribution is 5.87. The van der Waals surface area contributed by atoms with Crippen molar-refractivity contribution < 1.29 is 14.7 Å². The zero-order valence-corrected chi connectivity index (χ0v) is 16.9. The lowest BCUT2D eigenvalue weighted by Gasteiger charge is -2.37. The van der Waals surface area contributed by atoms with Crippen LogP contribution in [-0.4, -0.2) is 23.0 Å². The molecule has 2 atom stereocenters. The van der Waals surface area contributed by atoms with Crippen LogP contribution in [0.5, 0.6) is 0 Å². The number of aliphatic carboxylic acids is 1. The van der Waals surface area contributed by atoms with Crippen LogP contribution in [0.1, 0.15) is 43.0 Å². The van der Waals surface area contributed by atoms with Gasteiger partial charge in [0.15, 0.2) is 6.04 Å². The summed E-state index contributed by atoms with van der Waals surface area (Å²) in [6.45, 7) is 2.14. The van der Waals surface area contributed by atoms with Crippen molar-refractivity contribution >= 4 is 22.6 Å². The van der Waals surface area contributed by atoms with Crippen LogP contribution in [0, 0.1) is 5.92 Å². The van der Waals surface area contributed by atoms with Gasteiger partial charge in [-0.3, -0.25) is 4.79 Å². The van der Waals surface area contributed by atoms with E-state index in [9.17, 15) is 14.7 Å². The van der Waals surface area contributed by atoms with Crippen molar-refractivity contribution in [3.8, 4) is 0 Å². The first-order valence-electron chi connectivity index (χ1n) is 10.3. The van der Waals surface area contributed by atoms with Gasteiger partial charge in [-0.1, -0.05) is 72.8 Å². The third kappa shape index (κ3) is 4.21. The van der Waals surface area contributed by atoms with Gasteiger partial charge in [-0.05, 0) is 41.7 Å². The van der Waals surface area contributed by atoms with E-state index in [1.54, 1.807) is 24.3 Å². The van der Waals surface area contributed by atoms with Crippen LogP contribution in [0.15, 0.2) is 72.8 Å². The second-order valence-corrected chi connectivity index (χ2v) is 8.01. The molecular formula is C25H26N2O3. The van der Waals surface area contributed by atoms with Gasteiger partial charge < -0.3 is 15.7 Å². The number of hydrogen-bond acceptors (Lipinski definition) is 3. The third-order valence-corrected chi connectivity index (χ3v) is 5.95. The van der Waals surface area contributed by atoms with Gasteiger partial charge in [0.2, 0.25) is 5.91 Å². The lowest BCUT2D eigenvalue weighted by Crippen LogP contribution is -2.49. The molecule has 0 radical (unpaired) electrons. The van der Waals surface area contributed by atoms with Crippen LogP contribution in [0.4, 0.5) is 0 Å². The molecule has 1 aliphatic rings. The van der Waals surface area contributed by atoms with Crippen molar-refractivity contribution in [1.82, 2.24) is 10.6 Å². The normalized spacial score (nSPS) is 20.2. The van der Waals surface area contributed by atoms with Crippen molar-refractivity contribution in [3.63, 3.8) is 0 Å². The highest BCUT2D eigenvalue weighted by atomic mass is 16.4. The number of carbonyl (C=O) groups excluding carboxylic acids is 1. The van der Waals surface area contributed by atoms with Gasteiger partial charge in [0, 0.05) is 18.0 Å². The highest BCUT2D eigenvalue weighted by Crippen LogP contribution is 2.32. The lowest BCUT2D eigenvalue weighted by atomic mass is 9.78. The van der Waals surface area contributed by atoms with E-state index < -0.39 is 12.0 Å². The van der Waals surface area contributed by atoms with E-state index in [0.717, 1.165) is 0 Å². The number of carboxylic acids is 1. The van der Waals surface area contributed by atoms with Crippen molar-refractivity contribution in [3.05, 3.63) is 83.9 Å². The Kier molecular flexibility index (Phi) is 5.81. The zero-order chi connectivity index (χ0) is 21.1. The maximum Gasteiger partial charge on any atom is 0.330 e. The first-order valence-corrected chi connectivity index (χ1v) is 10.3. The smallest absolute Gasteiger partial charge is 0.330 e. The number of rotatable bonds is 7.